The Labute approximate surface area is 314 Å². The fourth-order valence-electron chi connectivity index (χ4n) is 6.18. The number of hydrogen-bond donors (Lipinski definition) is 0. The number of ether oxygens (including phenoxy) is 3. The summed E-state index contributed by atoms with van der Waals surface area (Å²) in [4.78, 5) is 25.1. The summed E-state index contributed by atoms with van der Waals surface area (Å²) in [5.74, 6) is -0.469. The molecule has 5 nitrogen and oxygen atoms in total. The summed E-state index contributed by atoms with van der Waals surface area (Å²) >= 11 is 0. The first-order chi connectivity index (χ1) is 25.2. The second kappa shape index (κ2) is 37.4. The van der Waals surface area contributed by atoms with E-state index in [4.69, 9.17) is 14.2 Å². The fraction of sp³-hybridized carbons (Fsp3) is 0.739. The molecule has 0 heterocycles. The Morgan fingerprint density at radius 3 is 1.39 bits per heavy atom. The Hall–Kier alpha value is -2.40. The molecule has 0 amide bonds. The van der Waals surface area contributed by atoms with Crippen molar-refractivity contribution in [1.29, 1.82) is 0 Å². The minimum Gasteiger partial charge on any atom is -0.462 e. The molecule has 1 rings (SSSR count). The quantitative estimate of drug-likeness (QED) is 0.0391. The molecule has 5 heteroatoms. The zero-order valence-corrected chi connectivity index (χ0v) is 33.2. The predicted octanol–water partition coefficient (Wildman–Crippen LogP) is 13.7. The maximum Gasteiger partial charge on any atom is 0.306 e. The number of esters is 2. The van der Waals surface area contributed by atoms with Crippen LogP contribution in [0, 0.1) is 0 Å². The largest absolute Gasteiger partial charge is 0.462 e. The highest BCUT2D eigenvalue weighted by atomic mass is 16.6. The smallest absolute Gasteiger partial charge is 0.306 e. The summed E-state index contributed by atoms with van der Waals surface area (Å²) in [5.41, 5.74) is 1.05. The molecular formula is C46H78O5. The van der Waals surface area contributed by atoms with Crippen LogP contribution in [0.5, 0.6) is 0 Å². The fourth-order valence-corrected chi connectivity index (χ4v) is 6.18. The molecule has 0 bridgehead atoms. The third-order valence-electron chi connectivity index (χ3n) is 9.43. The summed E-state index contributed by atoms with van der Waals surface area (Å²) in [6, 6.07) is 9.92. The van der Waals surface area contributed by atoms with E-state index in [-0.39, 0.29) is 25.2 Å². The van der Waals surface area contributed by atoms with Gasteiger partial charge in [0.05, 0.1) is 13.2 Å². The molecule has 0 unspecified atom stereocenters. The van der Waals surface area contributed by atoms with Crippen molar-refractivity contribution < 1.29 is 23.8 Å². The van der Waals surface area contributed by atoms with Crippen LogP contribution in [0.1, 0.15) is 199 Å². The Morgan fingerprint density at radius 2 is 0.922 bits per heavy atom. The SMILES string of the molecule is CCCCCCCC/C=C\CCCCCCCC(=O)OC[C@@H](COCc1ccccc1)OC(=O)CCCCCCC/C=C\CCCCCCCC. The Kier molecular flexibility index (Phi) is 34.2. The van der Waals surface area contributed by atoms with Gasteiger partial charge in [0.15, 0.2) is 6.10 Å². The number of rotatable bonds is 37. The molecule has 51 heavy (non-hydrogen) atoms. The van der Waals surface area contributed by atoms with E-state index in [2.05, 4.69) is 38.2 Å². The van der Waals surface area contributed by atoms with Crippen LogP contribution < -0.4 is 0 Å². The number of carbonyl (C=O) groups is 2. The molecule has 0 N–H and O–H groups in total. The van der Waals surface area contributed by atoms with Gasteiger partial charge in [0.2, 0.25) is 0 Å². The highest BCUT2D eigenvalue weighted by Gasteiger charge is 2.17. The van der Waals surface area contributed by atoms with Gasteiger partial charge in [-0.1, -0.05) is 171 Å². The standard InChI is InChI=1S/C46H78O5/c1-3-5-7-9-11-13-15-17-19-21-23-25-27-29-34-38-45(47)50-42-44(41-49-40-43-36-32-31-33-37-43)51-46(48)39-35-30-28-26-24-22-20-18-16-14-12-10-8-6-4-2/h17-20,31-33,36-37,44H,3-16,21-30,34-35,38-42H2,1-2H3/b19-17-,20-18-/t44-/m1/s1. The Morgan fingerprint density at radius 1 is 0.510 bits per heavy atom. The topological polar surface area (TPSA) is 61.8 Å². The summed E-state index contributed by atoms with van der Waals surface area (Å²) in [6.07, 6.45) is 41.4. The molecule has 1 atom stereocenters. The van der Waals surface area contributed by atoms with E-state index in [1.165, 1.54) is 116 Å². The predicted molar refractivity (Wildman–Crippen MR) is 216 cm³/mol. The van der Waals surface area contributed by atoms with Gasteiger partial charge < -0.3 is 14.2 Å². The van der Waals surface area contributed by atoms with Crippen LogP contribution >= 0.6 is 0 Å². The average molecular weight is 711 g/mol. The number of hydrogen-bond acceptors (Lipinski definition) is 5. The van der Waals surface area contributed by atoms with Gasteiger partial charge >= 0.3 is 11.9 Å². The summed E-state index contributed by atoms with van der Waals surface area (Å²) < 4.78 is 17.1. The third kappa shape index (κ3) is 33.2. The van der Waals surface area contributed by atoms with E-state index >= 15 is 0 Å². The van der Waals surface area contributed by atoms with Crippen molar-refractivity contribution in [2.45, 2.75) is 206 Å². The molecule has 0 aliphatic rings. The monoisotopic (exact) mass is 711 g/mol. The molecule has 292 valence electrons. The van der Waals surface area contributed by atoms with Crippen LogP contribution in [0.3, 0.4) is 0 Å². The van der Waals surface area contributed by atoms with E-state index in [1.807, 2.05) is 30.3 Å². The lowest BCUT2D eigenvalue weighted by Gasteiger charge is -2.18. The molecule has 1 aromatic rings. The third-order valence-corrected chi connectivity index (χ3v) is 9.43. The first kappa shape index (κ1) is 46.6. The summed E-state index contributed by atoms with van der Waals surface area (Å²) in [6.45, 7) is 5.19. The number of benzene rings is 1. The normalized spacial score (nSPS) is 12.2. The zero-order valence-electron chi connectivity index (χ0n) is 33.2. The van der Waals surface area contributed by atoms with Crippen molar-refractivity contribution >= 4 is 11.9 Å². The summed E-state index contributed by atoms with van der Waals surface area (Å²) in [5, 5.41) is 0. The van der Waals surface area contributed by atoms with Gasteiger partial charge in [-0.05, 0) is 69.8 Å². The van der Waals surface area contributed by atoms with Crippen LogP contribution in [0.4, 0.5) is 0 Å². The molecule has 0 spiro atoms. The Bertz CT molecular complexity index is 956. The second-order valence-electron chi connectivity index (χ2n) is 14.5. The highest BCUT2D eigenvalue weighted by molar-refractivity contribution is 5.70. The Balaban J connectivity index is 2.17. The first-order valence-corrected chi connectivity index (χ1v) is 21.4. The lowest BCUT2D eigenvalue weighted by atomic mass is 10.1. The highest BCUT2D eigenvalue weighted by Crippen LogP contribution is 2.13. The van der Waals surface area contributed by atoms with Gasteiger partial charge in [0.25, 0.3) is 0 Å². The minimum absolute atomic E-state index is 0.0385. The van der Waals surface area contributed by atoms with E-state index in [1.54, 1.807) is 0 Å². The van der Waals surface area contributed by atoms with Gasteiger partial charge in [-0.25, -0.2) is 0 Å². The van der Waals surface area contributed by atoms with Crippen LogP contribution in [0.2, 0.25) is 0 Å². The maximum atomic E-state index is 12.7. The number of allylic oxidation sites excluding steroid dienone is 4. The van der Waals surface area contributed by atoms with Crippen molar-refractivity contribution in [1.82, 2.24) is 0 Å². The average Bonchev–Trinajstić information content (AvgIpc) is 3.14. The van der Waals surface area contributed by atoms with Crippen LogP contribution in [-0.4, -0.2) is 31.3 Å². The molecule has 0 saturated heterocycles. The van der Waals surface area contributed by atoms with E-state index in [9.17, 15) is 9.59 Å². The van der Waals surface area contributed by atoms with E-state index in [0.29, 0.717) is 19.4 Å². The molecule has 0 fully saturated rings. The molecular weight excluding hydrogens is 633 g/mol. The first-order valence-electron chi connectivity index (χ1n) is 21.4. The number of unbranched alkanes of at least 4 members (excludes halogenated alkanes) is 22. The lowest BCUT2D eigenvalue weighted by molar-refractivity contribution is -0.163. The lowest BCUT2D eigenvalue weighted by Crippen LogP contribution is -2.29. The van der Waals surface area contributed by atoms with E-state index in [0.717, 1.165) is 56.9 Å². The van der Waals surface area contributed by atoms with Crippen molar-refractivity contribution in [3.63, 3.8) is 0 Å². The molecule has 0 aliphatic heterocycles. The zero-order chi connectivity index (χ0) is 36.7. The molecule has 0 aromatic heterocycles. The van der Waals surface area contributed by atoms with Gasteiger partial charge in [-0.2, -0.15) is 0 Å². The van der Waals surface area contributed by atoms with Crippen molar-refractivity contribution in [3.8, 4) is 0 Å². The van der Waals surface area contributed by atoms with Gasteiger partial charge in [-0.3, -0.25) is 9.59 Å². The van der Waals surface area contributed by atoms with Crippen molar-refractivity contribution in [2.24, 2.45) is 0 Å². The maximum absolute atomic E-state index is 12.7. The molecule has 1 aromatic carbocycles. The molecule has 0 radical (unpaired) electrons. The molecule has 0 saturated carbocycles. The summed E-state index contributed by atoms with van der Waals surface area (Å²) in [7, 11) is 0. The van der Waals surface area contributed by atoms with Gasteiger partial charge in [0.1, 0.15) is 6.61 Å². The van der Waals surface area contributed by atoms with Crippen LogP contribution in [0.15, 0.2) is 54.6 Å². The van der Waals surface area contributed by atoms with Gasteiger partial charge in [0, 0.05) is 12.8 Å². The van der Waals surface area contributed by atoms with E-state index < -0.39 is 6.10 Å². The molecule has 0 aliphatic carbocycles. The van der Waals surface area contributed by atoms with Crippen molar-refractivity contribution in [3.05, 3.63) is 60.2 Å². The number of carbonyl (C=O) groups excluding carboxylic acids is 2. The van der Waals surface area contributed by atoms with Gasteiger partial charge in [-0.15, -0.1) is 0 Å². The van der Waals surface area contributed by atoms with Crippen LogP contribution in [0.25, 0.3) is 0 Å². The second-order valence-corrected chi connectivity index (χ2v) is 14.5. The van der Waals surface area contributed by atoms with Crippen molar-refractivity contribution in [2.75, 3.05) is 13.2 Å². The van der Waals surface area contributed by atoms with Crippen LogP contribution in [-0.2, 0) is 30.4 Å². The minimum atomic E-state index is -0.595.